The van der Waals surface area contributed by atoms with Gasteiger partial charge in [-0.05, 0) is 25.5 Å². The van der Waals surface area contributed by atoms with E-state index >= 15 is 0 Å². The van der Waals surface area contributed by atoms with Crippen LogP contribution in [-0.2, 0) is 6.54 Å². The fourth-order valence-corrected chi connectivity index (χ4v) is 1.27. The molecule has 1 aromatic heterocycles. The van der Waals surface area contributed by atoms with Gasteiger partial charge in [0, 0.05) is 20.1 Å². The van der Waals surface area contributed by atoms with Crippen LogP contribution in [-0.4, -0.2) is 29.8 Å². The maximum Gasteiger partial charge on any atom is 0.0550 e. The molecule has 1 heterocycles. The van der Waals surface area contributed by atoms with Crippen LogP contribution in [0.15, 0.2) is 18.3 Å². The summed E-state index contributed by atoms with van der Waals surface area (Å²) in [5.41, 5.74) is 7.41. The Labute approximate surface area is 90.7 Å². The van der Waals surface area contributed by atoms with Crippen molar-refractivity contribution < 1.29 is 5.11 Å². The van der Waals surface area contributed by atoms with E-state index in [0.717, 1.165) is 24.3 Å². The van der Waals surface area contributed by atoms with E-state index in [4.69, 9.17) is 5.73 Å². The number of nitrogens with two attached hydrogens (primary N) is 1. The van der Waals surface area contributed by atoms with E-state index in [-0.39, 0.29) is 6.10 Å². The summed E-state index contributed by atoms with van der Waals surface area (Å²) in [5.74, 6) is 0. The molecule has 3 N–H and O–H groups in total. The van der Waals surface area contributed by atoms with Gasteiger partial charge >= 0.3 is 0 Å². The highest BCUT2D eigenvalue weighted by Crippen LogP contribution is 2.11. The van der Waals surface area contributed by atoms with Crippen LogP contribution in [0.2, 0.25) is 0 Å². The number of hydrogen-bond acceptors (Lipinski definition) is 4. The third kappa shape index (κ3) is 3.85. The topological polar surface area (TPSA) is 62.4 Å². The largest absolute Gasteiger partial charge is 0.393 e. The molecule has 84 valence electrons. The molecule has 0 aliphatic carbocycles. The Bertz CT molecular complexity index is 284. The first kappa shape index (κ1) is 11.9. The molecule has 0 amide bonds. The molecule has 1 atom stereocenters. The van der Waals surface area contributed by atoms with Crippen LogP contribution in [0.5, 0.6) is 0 Å². The first-order chi connectivity index (χ1) is 7.13. The monoisotopic (exact) mass is 209 g/mol. The highest BCUT2D eigenvalue weighted by molar-refractivity contribution is 5.43. The second-order valence-corrected chi connectivity index (χ2v) is 3.77. The lowest BCUT2D eigenvalue weighted by Crippen LogP contribution is -2.22. The van der Waals surface area contributed by atoms with Crippen LogP contribution in [0.4, 0.5) is 5.69 Å². The van der Waals surface area contributed by atoms with Crippen LogP contribution in [0, 0.1) is 0 Å². The number of hydrogen-bond donors (Lipinski definition) is 2. The van der Waals surface area contributed by atoms with Crippen LogP contribution in [0.1, 0.15) is 19.0 Å². The minimum Gasteiger partial charge on any atom is -0.393 e. The minimum absolute atomic E-state index is 0.260. The zero-order valence-corrected chi connectivity index (χ0v) is 9.35. The lowest BCUT2D eigenvalue weighted by molar-refractivity contribution is 0.187. The first-order valence-electron chi connectivity index (χ1n) is 5.17. The number of pyridine rings is 1. The number of nitrogens with zero attached hydrogens (tertiary/aromatic N) is 2. The normalized spacial score (nSPS) is 12.5. The lowest BCUT2D eigenvalue weighted by Gasteiger charge is -2.19. The molecule has 0 saturated carbocycles. The summed E-state index contributed by atoms with van der Waals surface area (Å²) in [6, 6.07) is 3.92. The second-order valence-electron chi connectivity index (χ2n) is 3.77. The average molecular weight is 209 g/mol. The molecule has 0 spiro atoms. The van der Waals surface area contributed by atoms with Crippen LogP contribution < -0.4 is 10.6 Å². The van der Waals surface area contributed by atoms with Crippen LogP contribution >= 0.6 is 0 Å². The van der Waals surface area contributed by atoms with Crippen molar-refractivity contribution in [3.63, 3.8) is 0 Å². The number of aliphatic hydroxyl groups excluding tert-OH is 1. The Kier molecular flexibility index (Phi) is 4.52. The van der Waals surface area contributed by atoms with E-state index in [2.05, 4.69) is 9.88 Å². The standard InChI is InChI=1S/C11H19N3O/c1-9(15)5-6-14(2)11-4-3-10(7-12)13-8-11/h3-4,8-9,15H,5-7,12H2,1-2H3. The molecule has 15 heavy (non-hydrogen) atoms. The summed E-state index contributed by atoms with van der Waals surface area (Å²) in [7, 11) is 1.99. The zero-order chi connectivity index (χ0) is 11.3. The Hall–Kier alpha value is -1.13. The SMILES string of the molecule is CC(O)CCN(C)c1ccc(CN)nc1. The molecule has 4 nitrogen and oxygen atoms in total. The van der Waals surface area contributed by atoms with Crippen molar-refractivity contribution in [2.45, 2.75) is 26.0 Å². The molecule has 4 heteroatoms. The van der Waals surface area contributed by atoms with Gasteiger partial charge in [-0.1, -0.05) is 0 Å². The van der Waals surface area contributed by atoms with Gasteiger partial charge in [0.05, 0.1) is 23.7 Å². The van der Waals surface area contributed by atoms with E-state index in [0.29, 0.717) is 6.54 Å². The smallest absolute Gasteiger partial charge is 0.0550 e. The predicted molar refractivity (Wildman–Crippen MR) is 61.7 cm³/mol. The number of anilines is 1. The van der Waals surface area contributed by atoms with E-state index < -0.39 is 0 Å². The minimum atomic E-state index is -0.260. The molecule has 0 radical (unpaired) electrons. The summed E-state index contributed by atoms with van der Waals surface area (Å²) in [5, 5.41) is 9.17. The predicted octanol–water partition coefficient (Wildman–Crippen LogP) is 0.747. The maximum absolute atomic E-state index is 9.17. The summed E-state index contributed by atoms with van der Waals surface area (Å²) in [6.07, 6.45) is 2.31. The summed E-state index contributed by atoms with van der Waals surface area (Å²) in [6.45, 7) is 3.09. The fraction of sp³-hybridized carbons (Fsp3) is 0.545. The van der Waals surface area contributed by atoms with Crippen molar-refractivity contribution in [2.24, 2.45) is 5.73 Å². The summed E-state index contributed by atoms with van der Waals surface area (Å²) >= 11 is 0. The first-order valence-corrected chi connectivity index (χ1v) is 5.17. The maximum atomic E-state index is 9.17. The molecule has 0 fully saturated rings. The molecule has 0 saturated heterocycles. The highest BCUT2D eigenvalue weighted by atomic mass is 16.3. The van der Waals surface area contributed by atoms with E-state index in [1.807, 2.05) is 25.4 Å². The molecule has 0 aliphatic heterocycles. The Balaban J connectivity index is 2.54. The molecule has 1 rings (SSSR count). The lowest BCUT2D eigenvalue weighted by atomic mass is 10.2. The van der Waals surface area contributed by atoms with E-state index in [9.17, 15) is 5.11 Å². The second kappa shape index (κ2) is 5.68. The fourth-order valence-electron chi connectivity index (χ4n) is 1.27. The number of aromatic nitrogens is 1. The van der Waals surface area contributed by atoms with Gasteiger partial charge in [-0.25, -0.2) is 0 Å². The van der Waals surface area contributed by atoms with Gasteiger partial charge in [-0.3, -0.25) is 4.98 Å². The third-order valence-electron chi connectivity index (χ3n) is 2.34. The van der Waals surface area contributed by atoms with Crippen LogP contribution in [0.3, 0.4) is 0 Å². The third-order valence-corrected chi connectivity index (χ3v) is 2.34. The number of rotatable bonds is 5. The molecule has 1 aromatic rings. The van der Waals surface area contributed by atoms with Crippen molar-refractivity contribution in [3.05, 3.63) is 24.0 Å². The molecular weight excluding hydrogens is 190 g/mol. The Morgan fingerprint density at radius 3 is 2.73 bits per heavy atom. The number of aliphatic hydroxyl groups is 1. The molecule has 0 aromatic carbocycles. The van der Waals surface area contributed by atoms with Gasteiger partial charge in [-0.2, -0.15) is 0 Å². The van der Waals surface area contributed by atoms with Gasteiger partial charge in [-0.15, -0.1) is 0 Å². The summed E-state index contributed by atoms with van der Waals surface area (Å²) < 4.78 is 0. The quantitative estimate of drug-likeness (QED) is 0.751. The average Bonchev–Trinajstić information content (AvgIpc) is 2.26. The Morgan fingerprint density at radius 1 is 1.53 bits per heavy atom. The van der Waals surface area contributed by atoms with E-state index in [1.54, 1.807) is 6.92 Å². The van der Waals surface area contributed by atoms with Crippen molar-refractivity contribution in [3.8, 4) is 0 Å². The van der Waals surface area contributed by atoms with Crippen molar-refractivity contribution in [1.82, 2.24) is 4.98 Å². The van der Waals surface area contributed by atoms with E-state index in [1.165, 1.54) is 0 Å². The van der Waals surface area contributed by atoms with Crippen molar-refractivity contribution in [2.75, 3.05) is 18.5 Å². The van der Waals surface area contributed by atoms with Gasteiger partial charge in [0.25, 0.3) is 0 Å². The molecule has 0 bridgehead atoms. The zero-order valence-electron chi connectivity index (χ0n) is 9.35. The van der Waals surface area contributed by atoms with Crippen molar-refractivity contribution >= 4 is 5.69 Å². The van der Waals surface area contributed by atoms with Gasteiger partial charge in [0.1, 0.15) is 0 Å². The Morgan fingerprint density at radius 2 is 2.27 bits per heavy atom. The highest BCUT2D eigenvalue weighted by Gasteiger charge is 2.03. The van der Waals surface area contributed by atoms with Gasteiger partial charge < -0.3 is 15.7 Å². The molecule has 0 aliphatic rings. The van der Waals surface area contributed by atoms with Crippen LogP contribution in [0.25, 0.3) is 0 Å². The molecular formula is C11H19N3O. The molecule has 1 unspecified atom stereocenters. The summed E-state index contributed by atoms with van der Waals surface area (Å²) in [4.78, 5) is 6.29. The van der Waals surface area contributed by atoms with Crippen molar-refractivity contribution in [1.29, 1.82) is 0 Å². The van der Waals surface area contributed by atoms with Gasteiger partial charge in [0.15, 0.2) is 0 Å². The van der Waals surface area contributed by atoms with Gasteiger partial charge in [0.2, 0.25) is 0 Å².